The van der Waals surface area contributed by atoms with Gasteiger partial charge < -0.3 is 26.0 Å². The van der Waals surface area contributed by atoms with Gasteiger partial charge in [0, 0.05) is 30.9 Å². The van der Waals surface area contributed by atoms with Crippen LogP contribution >= 0.6 is 0 Å². The molecule has 4 N–H and O–H groups in total. The summed E-state index contributed by atoms with van der Waals surface area (Å²) >= 11 is 0. The van der Waals surface area contributed by atoms with Gasteiger partial charge in [-0.15, -0.1) is 0 Å². The Morgan fingerprint density at radius 2 is 2.22 bits per heavy atom. The molecule has 1 aliphatic heterocycles. The number of rotatable bonds is 7. The molecule has 0 radical (unpaired) electrons. The predicted octanol–water partition coefficient (Wildman–Crippen LogP) is 2.31. The molecule has 1 saturated heterocycles. The van der Waals surface area contributed by atoms with Crippen LogP contribution in [0.15, 0.2) is 18.2 Å². The molecule has 0 aliphatic carbocycles. The topological polar surface area (TPSA) is 101 Å². The summed E-state index contributed by atoms with van der Waals surface area (Å²) in [4.78, 5) is 14.9. The molecule has 9 heteroatoms. The summed E-state index contributed by atoms with van der Waals surface area (Å²) in [6.07, 6.45) is 3.25. The number of aromatic nitrogens is 3. The van der Waals surface area contributed by atoms with Crippen molar-refractivity contribution in [2.45, 2.75) is 38.3 Å². The summed E-state index contributed by atoms with van der Waals surface area (Å²) in [5.41, 5.74) is 6.38. The van der Waals surface area contributed by atoms with Crippen LogP contribution in [0.3, 0.4) is 0 Å². The molecule has 0 saturated carbocycles. The third-order valence-corrected chi connectivity index (χ3v) is 4.84. The van der Waals surface area contributed by atoms with E-state index in [9.17, 15) is 4.39 Å². The van der Waals surface area contributed by atoms with E-state index in [1.807, 2.05) is 11.9 Å². The van der Waals surface area contributed by atoms with Gasteiger partial charge in [0.15, 0.2) is 11.6 Å². The van der Waals surface area contributed by atoms with Crippen LogP contribution in [-0.2, 0) is 0 Å². The predicted molar refractivity (Wildman–Crippen MR) is 104 cm³/mol. The van der Waals surface area contributed by atoms with Crippen molar-refractivity contribution in [2.75, 3.05) is 36.7 Å². The molecule has 2 atom stereocenters. The number of halogens is 1. The Hall–Kier alpha value is -2.68. The lowest BCUT2D eigenvalue weighted by atomic mass is 10.0. The van der Waals surface area contributed by atoms with Gasteiger partial charge in [-0.05, 0) is 37.9 Å². The molecule has 146 valence electrons. The molecule has 0 amide bonds. The number of nitrogens with one attached hydrogen (secondary N) is 2. The molecule has 8 nitrogen and oxygen atoms in total. The van der Waals surface area contributed by atoms with E-state index in [0.717, 1.165) is 19.4 Å². The molecular weight excluding hydrogens is 349 g/mol. The van der Waals surface area contributed by atoms with Gasteiger partial charge in [-0.2, -0.15) is 15.0 Å². The van der Waals surface area contributed by atoms with Crippen molar-refractivity contribution in [3.63, 3.8) is 0 Å². The van der Waals surface area contributed by atoms with Crippen molar-refractivity contribution >= 4 is 23.5 Å². The number of anilines is 4. The van der Waals surface area contributed by atoms with Crippen molar-refractivity contribution < 1.29 is 9.13 Å². The maximum atomic E-state index is 13.9. The normalized spacial score (nSPS) is 17.6. The summed E-state index contributed by atoms with van der Waals surface area (Å²) in [5, 5.41) is 6.51. The van der Waals surface area contributed by atoms with E-state index in [1.165, 1.54) is 25.7 Å². The maximum Gasteiger partial charge on any atom is 0.233 e. The van der Waals surface area contributed by atoms with Gasteiger partial charge >= 0.3 is 0 Å². The van der Waals surface area contributed by atoms with Crippen molar-refractivity contribution in [1.29, 1.82) is 0 Å². The van der Waals surface area contributed by atoms with Gasteiger partial charge in [-0.25, -0.2) is 4.39 Å². The van der Waals surface area contributed by atoms with Gasteiger partial charge in [0.1, 0.15) is 0 Å². The first-order valence-corrected chi connectivity index (χ1v) is 9.10. The second kappa shape index (κ2) is 8.34. The number of nitrogen functional groups attached to an aromatic ring is 1. The summed E-state index contributed by atoms with van der Waals surface area (Å²) in [6, 6.07) is 5.18. The second-order valence-electron chi connectivity index (χ2n) is 6.58. The van der Waals surface area contributed by atoms with Crippen molar-refractivity contribution in [3.05, 3.63) is 24.0 Å². The van der Waals surface area contributed by atoms with Crippen LogP contribution in [0.4, 0.5) is 27.9 Å². The minimum atomic E-state index is -0.472. The standard InChI is InChI=1S/C18H26FN7O/c1-4-14(13-6-5-9-21-13)26(2)18-24-16(20)23-17(25-18)22-11-7-8-15(27-3)12(19)10-11/h7-8,10,13-14,21H,4-6,9H2,1-3H3,(H3,20,22,23,24,25). The zero-order valence-corrected chi connectivity index (χ0v) is 15.9. The highest BCUT2D eigenvalue weighted by molar-refractivity contribution is 5.57. The Balaban J connectivity index is 1.82. The number of nitrogens with two attached hydrogens (primary N) is 1. The van der Waals surface area contributed by atoms with Crippen molar-refractivity contribution in [2.24, 2.45) is 0 Å². The van der Waals surface area contributed by atoms with Crippen LogP contribution in [-0.4, -0.2) is 47.7 Å². The lowest BCUT2D eigenvalue weighted by Gasteiger charge is -2.32. The number of benzene rings is 1. The van der Waals surface area contributed by atoms with Crippen LogP contribution in [0.5, 0.6) is 5.75 Å². The largest absolute Gasteiger partial charge is 0.494 e. The SMILES string of the molecule is CCC(C1CCCN1)N(C)c1nc(N)nc(Nc2ccc(OC)c(F)c2)n1. The van der Waals surface area contributed by atoms with E-state index < -0.39 is 5.82 Å². The molecule has 1 aliphatic rings. The average molecular weight is 375 g/mol. The average Bonchev–Trinajstić information content (AvgIpc) is 3.16. The monoisotopic (exact) mass is 375 g/mol. The fourth-order valence-electron chi connectivity index (χ4n) is 3.48. The Morgan fingerprint density at radius 1 is 1.41 bits per heavy atom. The molecule has 2 unspecified atom stereocenters. The fraction of sp³-hybridized carbons (Fsp3) is 0.500. The Morgan fingerprint density at radius 3 is 2.85 bits per heavy atom. The van der Waals surface area contributed by atoms with E-state index in [1.54, 1.807) is 6.07 Å². The molecule has 3 rings (SSSR count). The fourth-order valence-corrected chi connectivity index (χ4v) is 3.48. The highest BCUT2D eigenvalue weighted by Crippen LogP contribution is 2.24. The smallest absolute Gasteiger partial charge is 0.233 e. The first-order valence-electron chi connectivity index (χ1n) is 9.10. The summed E-state index contributed by atoms with van der Waals surface area (Å²) < 4.78 is 18.8. The zero-order valence-electron chi connectivity index (χ0n) is 15.9. The molecule has 0 spiro atoms. The van der Waals surface area contributed by atoms with Crippen LogP contribution < -0.4 is 26.0 Å². The zero-order chi connectivity index (χ0) is 19.4. The van der Waals surface area contributed by atoms with E-state index in [4.69, 9.17) is 10.5 Å². The Bertz CT molecular complexity index is 782. The van der Waals surface area contributed by atoms with E-state index >= 15 is 0 Å². The van der Waals surface area contributed by atoms with Crippen molar-refractivity contribution in [3.8, 4) is 5.75 Å². The first-order chi connectivity index (χ1) is 13.0. The van der Waals surface area contributed by atoms with Gasteiger partial charge in [-0.3, -0.25) is 0 Å². The summed E-state index contributed by atoms with van der Waals surface area (Å²) in [7, 11) is 3.38. The first kappa shape index (κ1) is 19.1. The third-order valence-electron chi connectivity index (χ3n) is 4.84. The minimum absolute atomic E-state index is 0.109. The second-order valence-corrected chi connectivity index (χ2v) is 6.58. The van der Waals surface area contributed by atoms with Crippen molar-refractivity contribution in [1.82, 2.24) is 20.3 Å². The quantitative estimate of drug-likeness (QED) is 0.678. The maximum absolute atomic E-state index is 13.9. The lowest BCUT2D eigenvalue weighted by Crippen LogP contribution is -2.46. The minimum Gasteiger partial charge on any atom is -0.494 e. The van der Waals surface area contributed by atoms with Crippen LogP contribution in [0, 0.1) is 5.82 Å². The summed E-state index contributed by atoms with van der Waals surface area (Å²) in [6.45, 7) is 3.18. The third kappa shape index (κ3) is 4.36. The molecule has 1 fully saturated rings. The molecule has 1 aromatic carbocycles. The van der Waals surface area contributed by atoms with Crippen LogP contribution in [0.2, 0.25) is 0 Å². The van der Waals surface area contributed by atoms with Gasteiger partial charge in [0.2, 0.25) is 17.8 Å². The number of methoxy groups -OCH3 is 1. The Kier molecular flexibility index (Phi) is 5.90. The van der Waals surface area contributed by atoms with Crippen LogP contribution in [0.25, 0.3) is 0 Å². The lowest BCUT2D eigenvalue weighted by molar-refractivity contribution is 0.386. The molecular formula is C18H26FN7O. The number of nitrogens with zero attached hydrogens (tertiary/aromatic N) is 4. The number of hydrogen-bond acceptors (Lipinski definition) is 8. The number of likely N-dealkylation sites (N-methyl/N-ethyl adjacent to an activating group) is 1. The summed E-state index contributed by atoms with van der Waals surface area (Å²) in [5.74, 6) is 0.562. The highest BCUT2D eigenvalue weighted by Gasteiger charge is 2.28. The van der Waals surface area contributed by atoms with Gasteiger partial charge in [0.05, 0.1) is 7.11 Å². The highest BCUT2D eigenvalue weighted by atomic mass is 19.1. The molecule has 2 heterocycles. The van der Waals surface area contributed by atoms with Gasteiger partial charge in [0.25, 0.3) is 0 Å². The molecule has 27 heavy (non-hydrogen) atoms. The van der Waals surface area contributed by atoms with E-state index in [2.05, 4.69) is 32.5 Å². The molecule has 2 aromatic rings. The van der Waals surface area contributed by atoms with E-state index in [-0.39, 0.29) is 23.7 Å². The molecule has 1 aromatic heterocycles. The van der Waals surface area contributed by atoms with Gasteiger partial charge in [-0.1, -0.05) is 6.92 Å². The number of hydrogen-bond donors (Lipinski definition) is 3. The molecule has 0 bridgehead atoms. The van der Waals surface area contributed by atoms with Crippen LogP contribution in [0.1, 0.15) is 26.2 Å². The Labute approximate surface area is 158 Å². The van der Waals surface area contributed by atoms with E-state index in [0.29, 0.717) is 17.7 Å². The number of ether oxygens (including phenoxy) is 1.